The number of nitriles is 1. The van der Waals surface area contributed by atoms with E-state index in [0.717, 1.165) is 36.3 Å². The number of aromatic nitrogens is 1. The van der Waals surface area contributed by atoms with Crippen molar-refractivity contribution in [3.05, 3.63) is 71.8 Å². The van der Waals surface area contributed by atoms with Gasteiger partial charge in [-0.05, 0) is 49.2 Å². The molecule has 1 aromatic carbocycles. The number of rotatable bonds is 5. The Hall–Kier alpha value is -2.73. The molecule has 1 aliphatic heterocycles. The molecule has 3 heterocycles. The van der Waals surface area contributed by atoms with Crippen molar-refractivity contribution >= 4 is 15.5 Å². The first-order chi connectivity index (χ1) is 14.0. The van der Waals surface area contributed by atoms with Crippen molar-refractivity contribution in [3.63, 3.8) is 0 Å². The largest absolute Gasteiger partial charge is 0.322 e. The van der Waals surface area contributed by atoms with Crippen molar-refractivity contribution in [2.24, 2.45) is 0 Å². The second-order valence-electron chi connectivity index (χ2n) is 7.26. The molecule has 0 aliphatic carbocycles. The van der Waals surface area contributed by atoms with Gasteiger partial charge in [0, 0.05) is 43.6 Å². The fraction of sp³-hybridized carbons (Fsp3) is 0.286. The van der Waals surface area contributed by atoms with Gasteiger partial charge in [-0.25, -0.2) is 17.5 Å². The summed E-state index contributed by atoms with van der Waals surface area (Å²) in [5.41, 5.74) is 2.56. The third-order valence-electron chi connectivity index (χ3n) is 5.30. The molecule has 29 heavy (non-hydrogen) atoms. The minimum Gasteiger partial charge on any atom is -0.322 e. The fourth-order valence-electron chi connectivity index (χ4n) is 3.78. The van der Waals surface area contributed by atoms with E-state index in [2.05, 4.69) is 15.7 Å². The SMILES string of the molecule is N#Cc1c(CN2CCC(NS(=O)(=O)c3ccc(F)cc3)CC2)cn2ccccc12. The number of benzene rings is 1. The van der Waals surface area contributed by atoms with Crippen LogP contribution in [0, 0.1) is 17.1 Å². The Morgan fingerprint density at radius 2 is 1.86 bits per heavy atom. The van der Waals surface area contributed by atoms with E-state index >= 15 is 0 Å². The van der Waals surface area contributed by atoms with Crippen molar-refractivity contribution in [2.75, 3.05) is 13.1 Å². The molecule has 6 nitrogen and oxygen atoms in total. The summed E-state index contributed by atoms with van der Waals surface area (Å²) in [6, 6.07) is 12.7. The van der Waals surface area contributed by atoms with Crippen LogP contribution in [-0.2, 0) is 16.6 Å². The Balaban J connectivity index is 1.39. The Morgan fingerprint density at radius 3 is 2.55 bits per heavy atom. The van der Waals surface area contributed by atoms with E-state index in [4.69, 9.17) is 0 Å². The summed E-state index contributed by atoms with van der Waals surface area (Å²) < 4.78 is 42.7. The third kappa shape index (κ3) is 4.17. The van der Waals surface area contributed by atoms with Gasteiger partial charge in [-0.1, -0.05) is 6.07 Å². The van der Waals surface area contributed by atoms with Gasteiger partial charge < -0.3 is 4.40 Å². The number of halogens is 1. The predicted octanol–water partition coefficient (Wildman–Crippen LogP) is 2.89. The van der Waals surface area contributed by atoms with E-state index in [9.17, 15) is 18.1 Å². The summed E-state index contributed by atoms with van der Waals surface area (Å²) in [6.07, 6.45) is 5.26. The molecule has 1 saturated heterocycles. The number of pyridine rings is 1. The minimum absolute atomic E-state index is 0.0699. The van der Waals surface area contributed by atoms with Gasteiger partial charge in [-0.15, -0.1) is 0 Å². The zero-order chi connectivity index (χ0) is 20.4. The summed E-state index contributed by atoms with van der Waals surface area (Å²) in [5.74, 6) is -0.465. The van der Waals surface area contributed by atoms with Crippen LogP contribution in [0.15, 0.2) is 59.8 Å². The number of hydrogen-bond acceptors (Lipinski definition) is 4. The Labute approximate surface area is 169 Å². The average molecular weight is 412 g/mol. The van der Waals surface area contributed by atoms with E-state index < -0.39 is 15.8 Å². The summed E-state index contributed by atoms with van der Waals surface area (Å²) >= 11 is 0. The van der Waals surface area contributed by atoms with Crippen LogP contribution in [0.4, 0.5) is 4.39 Å². The highest BCUT2D eigenvalue weighted by atomic mass is 32.2. The summed E-state index contributed by atoms with van der Waals surface area (Å²) in [4.78, 5) is 2.30. The van der Waals surface area contributed by atoms with Gasteiger partial charge >= 0.3 is 0 Å². The number of hydrogen-bond donors (Lipinski definition) is 1. The maximum Gasteiger partial charge on any atom is 0.240 e. The van der Waals surface area contributed by atoms with E-state index in [-0.39, 0.29) is 10.9 Å². The van der Waals surface area contributed by atoms with Crippen LogP contribution < -0.4 is 4.72 Å². The van der Waals surface area contributed by atoms with Crippen LogP contribution >= 0.6 is 0 Å². The maximum absolute atomic E-state index is 13.0. The van der Waals surface area contributed by atoms with Crippen molar-refractivity contribution in [1.82, 2.24) is 14.0 Å². The standard InChI is InChI=1S/C21H21FN4O2S/c22-17-4-6-19(7-5-17)29(27,28)24-18-8-11-25(12-9-18)14-16-15-26-10-2-1-3-21(26)20(16)13-23/h1-7,10,15,18,24H,8-9,11-12,14H2. The van der Waals surface area contributed by atoms with E-state index in [1.807, 2.05) is 35.0 Å². The highest BCUT2D eigenvalue weighted by Gasteiger charge is 2.25. The summed E-state index contributed by atoms with van der Waals surface area (Å²) in [6.45, 7) is 2.11. The second kappa shape index (κ2) is 7.95. The minimum atomic E-state index is -3.66. The predicted molar refractivity (Wildman–Crippen MR) is 107 cm³/mol. The van der Waals surface area contributed by atoms with Gasteiger partial charge in [0.2, 0.25) is 10.0 Å². The Morgan fingerprint density at radius 1 is 1.14 bits per heavy atom. The van der Waals surface area contributed by atoms with Gasteiger partial charge in [0.25, 0.3) is 0 Å². The van der Waals surface area contributed by atoms with Gasteiger partial charge in [0.15, 0.2) is 0 Å². The number of likely N-dealkylation sites (tertiary alicyclic amines) is 1. The number of sulfonamides is 1. The normalized spacial score (nSPS) is 16.1. The highest BCUT2D eigenvalue weighted by Crippen LogP contribution is 2.22. The van der Waals surface area contributed by atoms with Crippen LogP contribution in [0.3, 0.4) is 0 Å². The Kier molecular flexibility index (Phi) is 5.37. The van der Waals surface area contributed by atoms with Crippen LogP contribution in [0.2, 0.25) is 0 Å². The molecule has 0 spiro atoms. The summed E-state index contributed by atoms with van der Waals surface area (Å²) in [7, 11) is -3.66. The lowest BCUT2D eigenvalue weighted by Gasteiger charge is -2.32. The first-order valence-corrected chi connectivity index (χ1v) is 10.9. The number of nitrogens with one attached hydrogen (secondary N) is 1. The maximum atomic E-state index is 13.0. The molecule has 1 N–H and O–H groups in total. The van der Waals surface area contributed by atoms with Crippen molar-refractivity contribution in [3.8, 4) is 6.07 Å². The first-order valence-electron chi connectivity index (χ1n) is 9.45. The fourth-order valence-corrected chi connectivity index (χ4v) is 5.08. The van der Waals surface area contributed by atoms with E-state index in [1.165, 1.54) is 12.1 Å². The number of nitrogens with zero attached hydrogens (tertiary/aromatic N) is 3. The summed E-state index contributed by atoms with van der Waals surface area (Å²) in [5, 5.41) is 9.55. The molecule has 150 valence electrons. The zero-order valence-corrected chi connectivity index (χ0v) is 16.6. The second-order valence-corrected chi connectivity index (χ2v) is 8.97. The molecule has 2 aromatic heterocycles. The van der Waals surface area contributed by atoms with E-state index in [0.29, 0.717) is 24.9 Å². The molecule has 0 atom stereocenters. The van der Waals surface area contributed by atoms with Crippen molar-refractivity contribution < 1.29 is 12.8 Å². The number of piperidine rings is 1. The average Bonchev–Trinajstić information content (AvgIpc) is 3.06. The quantitative estimate of drug-likeness (QED) is 0.699. The van der Waals surface area contributed by atoms with Crippen molar-refractivity contribution in [1.29, 1.82) is 5.26 Å². The first kappa shape index (κ1) is 19.6. The monoisotopic (exact) mass is 412 g/mol. The van der Waals surface area contributed by atoms with Gasteiger partial charge in [0.1, 0.15) is 11.9 Å². The molecule has 0 radical (unpaired) electrons. The molecule has 3 aromatic rings. The highest BCUT2D eigenvalue weighted by molar-refractivity contribution is 7.89. The van der Waals surface area contributed by atoms with Crippen molar-refractivity contribution in [2.45, 2.75) is 30.3 Å². The molecule has 1 fully saturated rings. The number of fused-ring (bicyclic) bond motifs is 1. The molecular weight excluding hydrogens is 391 g/mol. The molecule has 0 saturated carbocycles. The van der Waals surface area contributed by atoms with Crippen LogP contribution in [0.1, 0.15) is 24.0 Å². The van der Waals surface area contributed by atoms with Gasteiger partial charge in [-0.2, -0.15) is 5.26 Å². The Bertz CT molecular complexity index is 1160. The molecule has 1 aliphatic rings. The lowest BCUT2D eigenvalue weighted by Crippen LogP contribution is -2.44. The topological polar surface area (TPSA) is 77.6 Å². The lowest BCUT2D eigenvalue weighted by molar-refractivity contribution is 0.200. The molecule has 0 bridgehead atoms. The smallest absolute Gasteiger partial charge is 0.240 e. The lowest BCUT2D eigenvalue weighted by atomic mass is 10.0. The van der Waals surface area contributed by atoms with E-state index in [1.54, 1.807) is 0 Å². The molecular formula is C21H21FN4O2S. The van der Waals surface area contributed by atoms with Crippen LogP contribution in [0.25, 0.3) is 5.52 Å². The molecule has 0 amide bonds. The third-order valence-corrected chi connectivity index (χ3v) is 6.84. The van der Waals surface area contributed by atoms with Crippen LogP contribution in [-0.4, -0.2) is 36.8 Å². The molecule has 0 unspecified atom stereocenters. The molecule has 8 heteroatoms. The van der Waals surface area contributed by atoms with Crippen LogP contribution in [0.5, 0.6) is 0 Å². The van der Waals surface area contributed by atoms with Gasteiger partial charge in [-0.3, -0.25) is 4.90 Å². The zero-order valence-electron chi connectivity index (χ0n) is 15.8. The van der Waals surface area contributed by atoms with Gasteiger partial charge in [0.05, 0.1) is 16.0 Å². The molecule has 4 rings (SSSR count).